The Hall–Kier alpha value is -2.44. The summed E-state index contributed by atoms with van der Waals surface area (Å²) in [5, 5.41) is 23.6. The summed E-state index contributed by atoms with van der Waals surface area (Å²) in [5.74, 6) is -0.608. The van der Waals surface area contributed by atoms with Gasteiger partial charge >= 0.3 is 5.97 Å². The smallest absolute Gasteiger partial charge is 0.306 e. The standard InChI is InChI=1S/C50H89NO5/c1-4-7-10-13-16-19-22-23-24-25-26-28-30-33-36-39-42-48(53)47(45-52)51-49(54)44-46(41-38-35-32-29-27-20-17-14-11-8-5-2)56-50(55)43-40-37-34-31-21-18-15-12-9-6-3/h8,11,14,17,20,27,29,32,35,38,46-48,52-53H,4-7,9-10,12-13,15-16,18-19,21-26,28,30-31,33-34,36-37,39-45H2,1-3H3,(H,51,54)/b11-8+,17-14+,27-20-,32-29-,38-35+. The summed E-state index contributed by atoms with van der Waals surface area (Å²) in [5.41, 5.74) is 0. The van der Waals surface area contributed by atoms with Crippen molar-refractivity contribution in [1.29, 1.82) is 0 Å². The first-order chi connectivity index (χ1) is 27.5. The van der Waals surface area contributed by atoms with Crippen molar-refractivity contribution in [3.63, 3.8) is 0 Å². The molecule has 0 saturated carbocycles. The minimum absolute atomic E-state index is 0.0178. The quantitative estimate of drug-likeness (QED) is 0.0326. The van der Waals surface area contributed by atoms with E-state index in [4.69, 9.17) is 4.74 Å². The summed E-state index contributed by atoms with van der Waals surface area (Å²) < 4.78 is 5.81. The van der Waals surface area contributed by atoms with Gasteiger partial charge in [-0.25, -0.2) is 0 Å². The lowest BCUT2D eigenvalue weighted by atomic mass is 10.0. The van der Waals surface area contributed by atoms with E-state index in [2.05, 4.69) is 32.2 Å². The van der Waals surface area contributed by atoms with Crippen LogP contribution in [0.2, 0.25) is 0 Å². The number of hydrogen-bond donors (Lipinski definition) is 3. The molecule has 0 aliphatic rings. The molecule has 3 N–H and O–H groups in total. The molecule has 0 saturated heterocycles. The minimum Gasteiger partial charge on any atom is -0.461 e. The number of esters is 1. The van der Waals surface area contributed by atoms with Crippen LogP contribution in [0.3, 0.4) is 0 Å². The molecular weight excluding hydrogens is 695 g/mol. The SMILES string of the molecule is CC/C=C/C=C/C=C\C=C/C=C/CC(CC(=O)NC(CO)C(O)CCCCCCCCCCCCCCCCCC)OC(=O)CCCCCCCCCCCC. The third kappa shape index (κ3) is 38.4. The van der Waals surface area contributed by atoms with E-state index in [1.807, 2.05) is 54.7 Å². The Balaban J connectivity index is 4.61. The first kappa shape index (κ1) is 53.6. The molecule has 6 nitrogen and oxygen atoms in total. The Morgan fingerprint density at radius 2 is 0.929 bits per heavy atom. The number of unbranched alkanes of at least 4 members (excludes halogenated alkanes) is 24. The van der Waals surface area contributed by atoms with E-state index < -0.39 is 18.2 Å². The highest BCUT2D eigenvalue weighted by molar-refractivity contribution is 5.77. The molecule has 0 aliphatic carbocycles. The number of nitrogens with one attached hydrogen (secondary N) is 1. The van der Waals surface area contributed by atoms with Crippen molar-refractivity contribution < 1.29 is 24.5 Å². The van der Waals surface area contributed by atoms with Crippen LogP contribution in [-0.2, 0) is 14.3 Å². The fourth-order valence-corrected chi connectivity index (χ4v) is 6.92. The number of rotatable bonds is 41. The zero-order valence-corrected chi connectivity index (χ0v) is 36.8. The Morgan fingerprint density at radius 1 is 0.536 bits per heavy atom. The van der Waals surface area contributed by atoms with Gasteiger partial charge in [0.05, 0.1) is 25.2 Å². The van der Waals surface area contributed by atoms with Gasteiger partial charge in [-0.1, -0.05) is 242 Å². The van der Waals surface area contributed by atoms with Crippen LogP contribution >= 0.6 is 0 Å². The Kier molecular flexibility index (Phi) is 41.8. The van der Waals surface area contributed by atoms with Gasteiger partial charge in [-0.15, -0.1) is 0 Å². The van der Waals surface area contributed by atoms with E-state index in [9.17, 15) is 19.8 Å². The van der Waals surface area contributed by atoms with E-state index in [0.29, 0.717) is 19.3 Å². The predicted octanol–water partition coefficient (Wildman–Crippen LogP) is 13.7. The Bertz CT molecular complexity index is 1010. The Labute approximate surface area is 346 Å². The van der Waals surface area contributed by atoms with Crippen molar-refractivity contribution in [2.24, 2.45) is 0 Å². The molecule has 6 heteroatoms. The van der Waals surface area contributed by atoms with Crippen molar-refractivity contribution in [2.75, 3.05) is 6.61 Å². The minimum atomic E-state index is -0.816. The van der Waals surface area contributed by atoms with Crippen molar-refractivity contribution >= 4 is 11.9 Å². The lowest BCUT2D eigenvalue weighted by molar-refractivity contribution is -0.150. The number of ether oxygens (including phenoxy) is 1. The van der Waals surface area contributed by atoms with Gasteiger partial charge < -0.3 is 20.3 Å². The molecule has 3 unspecified atom stereocenters. The van der Waals surface area contributed by atoms with Crippen molar-refractivity contribution in [1.82, 2.24) is 5.32 Å². The molecule has 0 aromatic carbocycles. The van der Waals surface area contributed by atoms with Gasteiger partial charge in [0.25, 0.3) is 0 Å². The highest BCUT2D eigenvalue weighted by atomic mass is 16.5. The topological polar surface area (TPSA) is 95.9 Å². The fourth-order valence-electron chi connectivity index (χ4n) is 6.92. The highest BCUT2D eigenvalue weighted by Gasteiger charge is 2.23. The van der Waals surface area contributed by atoms with E-state index >= 15 is 0 Å². The number of amides is 1. The summed E-state index contributed by atoms with van der Waals surface area (Å²) in [6.45, 7) is 6.28. The molecule has 3 atom stereocenters. The lowest BCUT2D eigenvalue weighted by Gasteiger charge is -2.24. The molecule has 0 aromatic rings. The van der Waals surface area contributed by atoms with Gasteiger partial charge in [0.1, 0.15) is 6.10 Å². The second-order valence-corrected chi connectivity index (χ2v) is 15.9. The van der Waals surface area contributed by atoms with Crippen LogP contribution < -0.4 is 5.32 Å². The number of carbonyl (C=O) groups excluding carboxylic acids is 2. The van der Waals surface area contributed by atoms with Crippen molar-refractivity contribution in [3.8, 4) is 0 Å². The number of aliphatic hydroxyl groups excluding tert-OH is 2. The van der Waals surface area contributed by atoms with Gasteiger partial charge in [-0.3, -0.25) is 9.59 Å². The molecular formula is C50H89NO5. The molecule has 0 aromatic heterocycles. The second-order valence-electron chi connectivity index (χ2n) is 15.9. The Morgan fingerprint density at radius 3 is 1.36 bits per heavy atom. The average molecular weight is 784 g/mol. The van der Waals surface area contributed by atoms with Crippen LogP contribution in [0.15, 0.2) is 60.8 Å². The van der Waals surface area contributed by atoms with Gasteiger partial charge in [-0.05, 0) is 19.3 Å². The zero-order valence-electron chi connectivity index (χ0n) is 36.8. The predicted molar refractivity (Wildman–Crippen MR) is 241 cm³/mol. The fraction of sp³-hybridized carbons (Fsp3) is 0.760. The number of carbonyl (C=O) groups is 2. The second kappa shape index (κ2) is 43.7. The molecule has 0 bridgehead atoms. The third-order valence-corrected chi connectivity index (χ3v) is 10.5. The van der Waals surface area contributed by atoms with Gasteiger partial charge in [-0.2, -0.15) is 0 Å². The summed E-state index contributed by atoms with van der Waals surface area (Å²) >= 11 is 0. The van der Waals surface area contributed by atoms with Crippen LogP contribution in [0.1, 0.15) is 220 Å². The normalized spacial score (nSPS) is 13.9. The van der Waals surface area contributed by atoms with Crippen LogP contribution in [0.4, 0.5) is 0 Å². The number of allylic oxidation sites excluding steroid dienone is 9. The van der Waals surface area contributed by atoms with Crippen LogP contribution in [0, 0.1) is 0 Å². The molecule has 0 spiro atoms. The highest BCUT2D eigenvalue weighted by Crippen LogP contribution is 2.16. The lowest BCUT2D eigenvalue weighted by Crippen LogP contribution is -2.46. The largest absolute Gasteiger partial charge is 0.461 e. The van der Waals surface area contributed by atoms with Crippen molar-refractivity contribution in [3.05, 3.63) is 60.8 Å². The summed E-state index contributed by atoms with van der Waals surface area (Å²) in [6.07, 6.45) is 53.1. The van der Waals surface area contributed by atoms with Gasteiger partial charge in [0.2, 0.25) is 5.91 Å². The average Bonchev–Trinajstić information content (AvgIpc) is 3.19. The molecule has 0 radical (unpaired) electrons. The summed E-state index contributed by atoms with van der Waals surface area (Å²) in [7, 11) is 0. The first-order valence-corrected chi connectivity index (χ1v) is 23.6. The van der Waals surface area contributed by atoms with Crippen LogP contribution in [0.5, 0.6) is 0 Å². The van der Waals surface area contributed by atoms with E-state index in [0.717, 1.165) is 44.9 Å². The van der Waals surface area contributed by atoms with E-state index in [1.54, 1.807) is 0 Å². The molecule has 56 heavy (non-hydrogen) atoms. The molecule has 0 heterocycles. The van der Waals surface area contributed by atoms with Crippen LogP contribution in [-0.4, -0.2) is 46.9 Å². The van der Waals surface area contributed by atoms with E-state index in [1.165, 1.54) is 128 Å². The maximum absolute atomic E-state index is 13.1. The van der Waals surface area contributed by atoms with E-state index in [-0.39, 0.29) is 24.9 Å². The maximum atomic E-state index is 13.1. The maximum Gasteiger partial charge on any atom is 0.306 e. The first-order valence-electron chi connectivity index (χ1n) is 23.6. The van der Waals surface area contributed by atoms with Gasteiger partial charge in [0.15, 0.2) is 0 Å². The third-order valence-electron chi connectivity index (χ3n) is 10.5. The zero-order chi connectivity index (χ0) is 41.0. The van der Waals surface area contributed by atoms with Gasteiger partial charge in [0, 0.05) is 12.8 Å². The molecule has 0 aliphatic heterocycles. The van der Waals surface area contributed by atoms with Crippen LogP contribution in [0.25, 0.3) is 0 Å². The number of aliphatic hydroxyl groups is 2. The molecule has 324 valence electrons. The summed E-state index contributed by atoms with van der Waals surface area (Å²) in [4.78, 5) is 25.9. The molecule has 0 fully saturated rings. The number of hydrogen-bond acceptors (Lipinski definition) is 5. The monoisotopic (exact) mass is 784 g/mol. The summed E-state index contributed by atoms with van der Waals surface area (Å²) in [6, 6.07) is -0.737. The molecule has 0 rings (SSSR count). The molecule has 1 amide bonds. The van der Waals surface area contributed by atoms with Crippen molar-refractivity contribution in [2.45, 2.75) is 238 Å².